The monoisotopic (exact) mass is 509 g/mol. The van der Waals surface area contributed by atoms with Gasteiger partial charge in [-0.25, -0.2) is 0 Å². The summed E-state index contributed by atoms with van der Waals surface area (Å²) in [5.74, 6) is -1.38. The van der Waals surface area contributed by atoms with Gasteiger partial charge in [0, 0.05) is 43.9 Å². The second kappa shape index (κ2) is 12.0. The van der Waals surface area contributed by atoms with E-state index in [2.05, 4.69) is 11.8 Å². The number of amides is 1. The molecule has 1 unspecified atom stereocenters. The first-order chi connectivity index (χ1) is 17.9. The van der Waals surface area contributed by atoms with Crippen molar-refractivity contribution in [2.24, 2.45) is 0 Å². The Morgan fingerprint density at radius 3 is 2.62 bits per heavy atom. The van der Waals surface area contributed by atoms with Crippen molar-refractivity contribution in [1.82, 2.24) is 9.80 Å². The molecule has 2 saturated heterocycles. The van der Waals surface area contributed by atoms with Crippen LogP contribution >= 0.6 is 0 Å². The lowest BCUT2D eigenvalue weighted by atomic mass is 9.95. The fraction of sp³-hybridized carbons (Fsp3) is 0.407. The zero-order valence-corrected chi connectivity index (χ0v) is 20.8. The molecule has 0 spiro atoms. The number of hydrogen-bond acceptors (Lipinski definition) is 8. The normalized spacial score (nSPS) is 19.8. The maximum atomic E-state index is 13.3. The number of carbonyl (C=O) groups is 2. The smallest absolute Gasteiger partial charge is 0.295 e. The van der Waals surface area contributed by atoms with E-state index < -0.39 is 22.7 Å². The minimum absolute atomic E-state index is 0.0989. The number of non-ortho nitro benzene ring substituents is 1. The molecule has 1 N–H and O–H groups in total. The van der Waals surface area contributed by atoms with Gasteiger partial charge in [0.1, 0.15) is 11.5 Å². The van der Waals surface area contributed by atoms with Gasteiger partial charge in [0.15, 0.2) is 0 Å². The number of ketones is 1. The van der Waals surface area contributed by atoms with Crippen molar-refractivity contribution in [3.05, 3.63) is 75.3 Å². The number of nitrogens with zero attached hydrogens (tertiary/aromatic N) is 3. The van der Waals surface area contributed by atoms with E-state index in [1.54, 1.807) is 30.3 Å². The Kier molecular flexibility index (Phi) is 8.52. The lowest BCUT2D eigenvalue weighted by Gasteiger charge is -2.31. The Balaban J connectivity index is 1.73. The average molecular weight is 510 g/mol. The topological polar surface area (TPSA) is 122 Å². The van der Waals surface area contributed by atoms with Gasteiger partial charge < -0.3 is 19.5 Å². The zero-order valence-electron chi connectivity index (χ0n) is 20.8. The minimum Gasteiger partial charge on any atom is -0.507 e. The van der Waals surface area contributed by atoms with Crippen molar-refractivity contribution < 1.29 is 29.1 Å². The van der Waals surface area contributed by atoms with Crippen LogP contribution < -0.4 is 4.74 Å². The highest BCUT2D eigenvalue weighted by atomic mass is 16.6. The predicted octanol–water partition coefficient (Wildman–Crippen LogP) is 3.53. The third-order valence-corrected chi connectivity index (χ3v) is 6.57. The third-order valence-electron chi connectivity index (χ3n) is 6.57. The van der Waals surface area contributed by atoms with Gasteiger partial charge in [0.05, 0.1) is 36.4 Å². The second-order valence-electron chi connectivity index (χ2n) is 9.03. The molecule has 2 aliphatic heterocycles. The fourth-order valence-electron chi connectivity index (χ4n) is 4.56. The molecule has 0 aromatic heterocycles. The molecule has 1 amide bonds. The summed E-state index contributed by atoms with van der Waals surface area (Å²) < 4.78 is 11.1. The van der Waals surface area contributed by atoms with Crippen LogP contribution in [-0.2, 0) is 14.3 Å². The van der Waals surface area contributed by atoms with Gasteiger partial charge >= 0.3 is 0 Å². The summed E-state index contributed by atoms with van der Waals surface area (Å²) in [4.78, 5) is 40.9. The van der Waals surface area contributed by atoms with Gasteiger partial charge in [-0.15, -0.1) is 0 Å². The van der Waals surface area contributed by atoms with Crippen LogP contribution in [0.2, 0.25) is 0 Å². The van der Waals surface area contributed by atoms with Crippen LogP contribution in [0.15, 0.2) is 54.1 Å². The standard InChI is InChI=1S/C27H31N3O7/c1-2-3-14-37-22-9-5-7-20(18-22)25(31)23-24(19-6-4-8-21(17-19)30(34)35)29(27(33)26(23)32)11-10-28-12-15-36-16-13-28/h4-9,17-18,24,31H,2-3,10-16H2,1H3/b25-23+. The zero-order chi connectivity index (χ0) is 26.4. The number of unbranched alkanes of at least 4 members (excludes halogenated alkanes) is 1. The van der Waals surface area contributed by atoms with E-state index in [0.29, 0.717) is 56.3 Å². The van der Waals surface area contributed by atoms with Crippen molar-refractivity contribution >= 4 is 23.1 Å². The number of aliphatic hydroxyl groups is 1. The van der Waals surface area contributed by atoms with Crippen molar-refractivity contribution in [1.29, 1.82) is 0 Å². The molecule has 10 nitrogen and oxygen atoms in total. The number of rotatable bonds is 10. The lowest BCUT2D eigenvalue weighted by Crippen LogP contribution is -2.42. The number of nitro groups is 1. The molecule has 37 heavy (non-hydrogen) atoms. The summed E-state index contributed by atoms with van der Waals surface area (Å²) >= 11 is 0. The summed E-state index contributed by atoms with van der Waals surface area (Å²) in [6, 6.07) is 11.6. The van der Waals surface area contributed by atoms with E-state index in [0.717, 1.165) is 12.8 Å². The van der Waals surface area contributed by atoms with Crippen molar-refractivity contribution in [3.8, 4) is 5.75 Å². The SMILES string of the molecule is CCCCOc1cccc(/C(O)=C2\C(=O)C(=O)N(CCN3CCOCC3)C2c2cccc([N+](=O)[O-])c2)c1. The number of carbonyl (C=O) groups excluding carboxylic acids is 2. The molecular weight excluding hydrogens is 478 g/mol. The van der Waals surface area contributed by atoms with Crippen LogP contribution in [0, 0.1) is 10.1 Å². The predicted molar refractivity (Wildman–Crippen MR) is 136 cm³/mol. The third kappa shape index (κ3) is 5.98. The van der Waals surface area contributed by atoms with E-state index in [4.69, 9.17) is 9.47 Å². The van der Waals surface area contributed by atoms with Crippen LogP contribution in [0.4, 0.5) is 5.69 Å². The van der Waals surface area contributed by atoms with Gasteiger partial charge in [0.2, 0.25) is 0 Å². The molecule has 2 aromatic rings. The molecule has 2 aliphatic rings. The number of ether oxygens (including phenoxy) is 2. The van der Waals surface area contributed by atoms with Gasteiger partial charge in [0.25, 0.3) is 17.4 Å². The number of aliphatic hydroxyl groups excluding tert-OH is 1. The highest BCUT2D eigenvalue weighted by Gasteiger charge is 2.46. The molecule has 10 heteroatoms. The lowest BCUT2D eigenvalue weighted by molar-refractivity contribution is -0.384. The quantitative estimate of drug-likeness (QED) is 0.129. The van der Waals surface area contributed by atoms with Gasteiger partial charge in [-0.3, -0.25) is 24.6 Å². The van der Waals surface area contributed by atoms with Gasteiger partial charge in [-0.1, -0.05) is 37.6 Å². The van der Waals surface area contributed by atoms with Crippen LogP contribution in [0.5, 0.6) is 5.75 Å². The average Bonchev–Trinajstić information content (AvgIpc) is 3.17. The Labute approximate surface area is 215 Å². The van der Waals surface area contributed by atoms with Crippen molar-refractivity contribution in [2.45, 2.75) is 25.8 Å². The molecule has 0 radical (unpaired) electrons. The molecule has 2 fully saturated rings. The molecule has 0 bridgehead atoms. The van der Waals surface area contributed by atoms with E-state index in [9.17, 15) is 24.8 Å². The van der Waals surface area contributed by atoms with Crippen LogP contribution in [-0.4, -0.2) is 77.5 Å². The molecular formula is C27H31N3O7. The van der Waals surface area contributed by atoms with Gasteiger partial charge in [-0.2, -0.15) is 0 Å². The van der Waals surface area contributed by atoms with Crippen molar-refractivity contribution in [2.75, 3.05) is 46.0 Å². The largest absolute Gasteiger partial charge is 0.507 e. The molecule has 196 valence electrons. The number of Topliss-reactive ketones (excluding diaryl/α,β-unsaturated/α-hetero) is 1. The first-order valence-electron chi connectivity index (χ1n) is 12.5. The number of likely N-dealkylation sites (tertiary alicyclic amines) is 1. The number of morpholine rings is 1. The summed E-state index contributed by atoms with van der Waals surface area (Å²) in [5, 5.41) is 22.8. The molecule has 1 atom stereocenters. The second-order valence-corrected chi connectivity index (χ2v) is 9.03. The first kappa shape index (κ1) is 26.3. The van der Waals surface area contributed by atoms with Crippen molar-refractivity contribution in [3.63, 3.8) is 0 Å². The number of nitro benzene ring substituents is 1. The Hall–Kier alpha value is -3.76. The van der Waals surface area contributed by atoms with Crippen LogP contribution in [0.25, 0.3) is 5.76 Å². The van der Waals surface area contributed by atoms with Crippen LogP contribution in [0.1, 0.15) is 36.9 Å². The highest BCUT2D eigenvalue weighted by Crippen LogP contribution is 2.40. The van der Waals surface area contributed by atoms with E-state index in [-0.39, 0.29) is 23.6 Å². The minimum atomic E-state index is -0.967. The maximum Gasteiger partial charge on any atom is 0.295 e. The fourth-order valence-corrected chi connectivity index (χ4v) is 4.56. The van der Waals surface area contributed by atoms with E-state index in [1.165, 1.54) is 23.1 Å². The Morgan fingerprint density at radius 1 is 1.14 bits per heavy atom. The molecule has 4 rings (SSSR count). The number of hydrogen-bond donors (Lipinski definition) is 1. The van der Waals surface area contributed by atoms with E-state index in [1.807, 2.05) is 0 Å². The molecule has 2 aromatic carbocycles. The molecule has 2 heterocycles. The molecule has 0 saturated carbocycles. The summed E-state index contributed by atoms with van der Waals surface area (Å²) in [6.07, 6.45) is 1.84. The molecule has 0 aliphatic carbocycles. The highest BCUT2D eigenvalue weighted by molar-refractivity contribution is 6.46. The number of benzene rings is 2. The first-order valence-corrected chi connectivity index (χ1v) is 12.5. The summed E-state index contributed by atoms with van der Waals surface area (Å²) in [6.45, 7) is 5.87. The maximum absolute atomic E-state index is 13.3. The Morgan fingerprint density at radius 2 is 1.89 bits per heavy atom. The van der Waals surface area contributed by atoms with Gasteiger partial charge in [-0.05, 0) is 24.1 Å². The summed E-state index contributed by atoms with van der Waals surface area (Å²) in [7, 11) is 0. The van der Waals surface area contributed by atoms with Crippen LogP contribution in [0.3, 0.4) is 0 Å². The van der Waals surface area contributed by atoms with E-state index >= 15 is 0 Å². The summed E-state index contributed by atoms with van der Waals surface area (Å²) in [5.41, 5.74) is 0.448. The Bertz CT molecular complexity index is 1190.